The Morgan fingerprint density at radius 2 is 1.40 bits per heavy atom. The van der Waals surface area contributed by atoms with Crippen LogP contribution in [0.4, 0.5) is 8.78 Å². The van der Waals surface area contributed by atoms with Crippen molar-refractivity contribution >= 4 is 12.0 Å². The number of hydrogen-bond acceptors (Lipinski definition) is 3. The van der Waals surface area contributed by atoms with E-state index in [9.17, 15) is 13.6 Å². The second-order valence-electron chi connectivity index (χ2n) is 8.76. The van der Waals surface area contributed by atoms with E-state index in [1.165, 1.54) is 29.8 Å². The van der Waals surface area contributed by atoms with Gasteiger partial charge in [-0.2, -0.15) is 0 Å². The predicted octanol–water partition coefficient (Wildman–Crippen LogP) is 5.24. The van der Waals surface area contributed by atoms with Crippen molar-refractivity contribution < 1.29 is 18.3 Å². The summed E-state index contributed by atoms with van der Waals surface area (Å²) in [6, 6.07) is 20.4. The second kappa shape index (κ2) is 11.9. The first-order valence-corrected chi connectivity index (χ1v) is 11.9. The third kappa shape index (κ3) is 7.07. The first kappa shape index (κ1) is 24.8. The molecular formula is C29H30F2N2O2. The van der Waals surface area contributed by atoms with E-state index in [-0.39, 0.29) is 17.5 Å². The zero-order valence-corrected chi connectivity index (χ0v) is 19.9. The number of carbonyl (C=O) groups excluding carboxylic acids is 1. The summed E-state index contributed by atoms with van der Waals surface area (Å²) in [6.45, 7) is 6.07. The molecule has 0 unspecified atom stereocenters. The predicted molar refractivity (Wildman–Crippen MR) is 134 cm³/mol. The average Bonchev–Trinajstić information content (AvgIpc) is 2.88. The van der Waals surface area contributed by atoms with Crippen molar-refractivity contribution in [3.63, 3.8) is 0 Å². The number of benzene rings is 3. The van der Waals surface area contributed by atoms with Gasteiger partial charge in [0, 0.05) is 38.8 Å². The lowest BCUT2D eigenvalue weighted by Gasteiger charge is -2.34. The molecule has 0 saturated carbocycles. The van der Waals surface area contributed by atoms with Gasteiger partial charge >= 0.3 is 0 Å². The van der Waals surface area contributed by atoms with Crippen molar-refractivity contribution in [2.24, 2.45) is 0 Å². The molecule has 1 heterocycles. The number of ether oxygens (including phenoxy) is 1. The van der Waals surface area contributed by atoms with Crippen LogP contribution in [-0.2, 0) is 9.53 Å². The van der Waals surface area contributed by atoms with Crippen LogP contribution in [0.3, 0.4) is 0 Å². The Morgan fingerprint density at radius 1 is 0.857 bits per heavy atom. The summed E-state index contributed by atoms with van der Waals surface area (Å²) in [6.07, 6.45) is 3.08. The molecule has 1 saturated heterocycles. The minimum atomic E-state index is -0.411. The number of aryl methyl sites for hydroxylation is 1. The highest BCUT2D eigenvalue weighted by molar-refractivity contribution is 5.91. The zero-order valence-electron chi connectivity index (χ0n) is 19.9. The van der Waals surface area contributed by atoms with Crippen LogP contribution in [0.1, 0.15) is 28.4 Å². The van der Waals surface area contributed by atoms with Crippen LogP contribution < -0.4 is 0 Å². The lowest BCUT2D eigenvalue weighted by atomic mass is 10.0. The molecular weight excluding hydrogens is 446 g/mol. The minimum absolute atomic E-state index is 0.0224. The molecule has 0 bridgehead atoms. The number of carbonyl (C=O) groups is 1. The monoisotopic (exact) mass is 476 g/mol. The molecule has 0 aliphatic carbocycles. The van der Waals surface area contributed by atoms with E-state index in [1.807, 2.05) is 42.2 Å². The van der Waals surface area contributed by atoms with E-state index in [2.05, 4.69) is 4.90 Å². The van der Waals surface area contributed by atoms with Gasteiger partial charge in [-0.1, -0.05) is 54.1 Å². The molecule has 0 radical (unpaired) electrons. The van der Waals surface area contributed by atoms with Crippen LogP contribution >= 0.6 is 0 Å². The minimum Gasteiger partial charge on any atom is -0.367 e. The maximum Gasteiger partial charge on any atom is 0.246 e. The molecule has 3 aromatic carbocycles. The summed E-state index contributed by atoms with van der Waals surface area (Å²) in [5, 5.41) is 0. The largest absolute Gasteiger partial charge is 0.367 e. The van der Waals surface area contributed by atoms with Gasteiger partial charge in [0.15, 0.2) is 0 Å². The van der Waals surface area contributed by atoms with Gasteiger partial charge in [0.2, 0.25) is 5.91 Å². The van der Waals surface area contributed by atoms with Crippen molar-refractivity contribution in [2.45, 2.75) is 13.0 Å². The van der Waals surface area contributed by atoms with Crippen molar-refractivity contribution in [2.75, 3.05) is 39.3 Å². The van der Waals surface area contributed by atoms with Crippen molar-refractivity contribution in [1.29, 1.82) is 0 Å². The van der Waals surface area contributed by atoms with Gasteiger partial charge in [-0.3, -0.25) is 9.69 Å². The molecule has 0 spiro atoms. The highest BCUT2D eigenvalue weighted by Gasteiger charge is 2.21. The molecule has 4 rings (SSSR count). The standard InChI is InChI=1S/C29H30F2N2O2/c1-22-2-4-23(5-3-22)6-15-28(34)33-18-16-32(17-19-33)20-21-35-29(24-7-11-26(30)12-8-24)25-9-13-27(31)14-10-25/h2-15,29H,16-21H2,1H3/b15-6+. The molecule has 0 N–H and O–H groups in total. The Kier molecular flexibility index (Phi) is 8.40. The summed E-state index contributed by atoms with van der Waals surface area (Å²) in [5.41, 5.74) is 3.83. The van der Waals surface area contributed by atoms with Gasteiger partial charge in [0.25, 0.3) is 0 Å². The molecule has 6 heteroatoms. The molecule has 0 atom stereocenters. The van der Waals surface area contributed by atoms with Crippen LogP contribution in [0.5, 0.6) is 0 Å². The number of halogens is 2. The maximum absolute atomic E-state index is 13.4. The molecule has 0 aromatic heterocycles. The normalized spacial score (nSPS) is 14.7. The number of rotatable bonds is 8. The van der Waals surface area contributed by atoms with Gasteiger partial charge in [-0.25, -0.2) is 8.78 Å². The summed E-state index contributed by atoms with van der Waals surface area (Å²) >= 11 is 0. The van der Waals surface area contributed by atoms with Gasteiger partial charge in [0.05, 0.1) is 6.61 Å². The van der Waals surface area contributed by atoms with Gasteiger partial charge in [-0.05, 0) is 54.0 Å². The van der Waals surface area contributed by atoms with E-state index < -0.39 is 6.10 Å². The van der Waals surface area contributed by atoms with Crippen LogP contribution in [-0.4, -0.2) is 55.0 Å². The SMILES string of the molecule is Cc1ccc(/C=C/C(=O)N2CCN(CCOC(c3ccc(F)cc3)c3ccc(F)cc3)CC2)cc1. The lowest BCUT2D eigenvalue weighted by molar-refractivity contribution is -0.127. The van der Waals surface area contributed by atoms with Crippen LogP contribution in [0.25, 0.3) is 6.08 Å². The molecule has 35 heavy (non-hydrogen) atoms. The lowest BCUT2D eigenvalue weighted by Crippen LogP contribution is -2.49. The number of piperazine rings is 1. The van der Waals surface area contributed by atoms with E-state index in [0.717, 1.165) is 29.8 Å². The van der Waals surface area contributed by atoms with Crippen LogP contribution in [0.2, 0.25) is 0 Å². The fourth-order valence-corrected chi connectivity index (χ4v) is 4.10. The average molecular weight is 477 g/mol. The first-order chi connectivity index (χ1) is 17.0. The smallest absolute Gasteiger partial charge is 0.246 e. The Morgan fingerprint density at radius 3 is 1.94 bits per heavy atom. The Bertz CT molecular complexity index is 1080. The molecule has 4 nitrogen and oxygen atoms in total. The maximum atomic E-state index is 13.4. The summed E-state index contributed by atoms with van der Waals surface area (Å²) < 4.78 is 33.0. The van der Waals surface area contributed by atoms with Gasteiger partial charge in [0.1, 0.15) is 17.7 Å². The van der Waals surface area contributed by atoms with E-state index in [1.54, 1.807) is 30.3 Å². The topological polar surface area (TPSA) is 32.8 Å². The molecule has 1 aliphatic heterocycles. The molecule has 1 aliphatic rings. The number of amides is 1. The fourth-order valence-electron chi connectivity index (χ4n) is 4.10. The van der Waals surface area contributed by atoms with E-state index >= 15 is 0 Å². The van der Waals surface area contributed by atoms with Crippen molar-refractivity contribution in [3.05, 3.63) is 113 Å². The van der Waals surface area contributed by atoms with Gasteiger partial charge in [-0.15, -0.1) is 0 Å². The number of nitrogens with zero attached hydrogens (tertiary/aromatic N) is 2. The van der Waals surface area contributed by atoms with Crippen LogP contribution in [0.15, 0.2) is 78.9 Å². The van der Waals surface area contributed by atoms with Crippen molar-refractivity contribution in [1.82, 2.24) is 9.80 Å². The highest BCUT2D eigenvalue weighted by Crippen LogP contribution is 2.26. The zero-order chi connectivity index (χ0) is 24.6. The fraction of sp³-hybridized carbons (Fsp3) is 0.276. The quantitative estimate of drug-likeness (QED) is 0.417. The molecule has 1 fully saturated rings. The Labute approximate surface area is 205 Å². The van der Waals surface area contributed by atoms with E-state index in [0.29, 0.717) is 26.2 Å². The highest BCUT2D eigenvalue weighted by atomic mass is 19.1. The second-order valence-corrected chi connectivity index (χ2v) is 8.76. The molecule has 3 aromatic rings. The Balaban J connectivity index is 1.27. The first-order valence-electron chi connectivity index (χ1n) is 11.9. The van der Waals surface area contributed by atoms with Crippen LogP contribution in [0, 0.1) is 18.6 Å². The summed E-state index contributed by atoms with van der Waals surface area (Å²) in [4.78, 5) is 16.7. The summed E-state index contributed by atoms with van der Waals surface area (Å²) in [5.74, 6) is -0.602. The van der Waals surface area contributed by atoms with Gasteiger partial charge < -0.3 is 9.64 Å². The third-order valence-corrected chi connectivity index (χ3v) is 6.22. The summed E-state index contributed by atoms with van der Waals surface area (Å²) in [7, 11) is 0. The van der Waals surface area contributed by atoms with Crippen molar-refractivity contribution in [3.8, 4) is 0 Å². The third-order valence-electron chi connectivity index (χ3n) is 6.22. The molecule has 182 valence electrons. The van der Waals surface area contributed by atoms with E-state index in [4.69, 9.17) is 4.74 Å². The number of hydrogen-bond donors (Lipinski definition) is 0. The molecule has 1 amide bonds. The Hall–Kier alpha value is -3.35.